The summed E-state index contributed by atoms with van der Waals surface area (Å²) >= 11 is 7.84. The summed E-state index contributed by atoms with van der Waals surface area (Å²) < 4.78 is 2.11. The Labute approximate surface area is 156 Å². The molecule has 1 aliphatic carbocycles. The van der Waals surface area contributed by atoms with Crippen molar-refractivity contribution in [3.63, 3.8) is 0 Å². The van der Waals surface area contributed by atoms with Gasteiger partial charge in [-0.1, -0.05) is 36.9 Å². The highest BCUT2D eigenvalue weighted by atomic mass is 35.5. The summed E-state index contributed by atoms with van der Waals surface area (Å²) in [6.45, 7) is 0.342. The molecule has 2 heterocycles. The third-order valence-corrected chi connectivity index (χ3v) is 6.04. The van der Waals surface area contributed by atoms with E-state index in [1.165, 1.54) is 19.3 Å². The number of carbonyl (C=O) groups excluding carboxylic acids is 1. The van der Waals surface area contributed by atoms with Crippen LogP contribution in [-0.4, -0.2) is 16.5 Å². The van der Waals surface area contributed by atoms with Gasteiger partial charge in [-0.25, -0.2) is 0 Å². The Bertz CT molecular complexity index is 879. The van der Waals surface area contributed by atoms with Crippen LogP contribution in [0.1, 0.15) is 32.1 Å². The molecular weight excluding hydrogens is 352 g/mol. The van der Waals surface area contributed by atoms with Crippen LogP contribution in [0.3, 0.4) is 0 Å². The predicted octanol–water partition coefficient (Wildman–Crippen LogP) is 5.47. The number of aromatic nitrogens is 1. The van der Waals surface area contributed by atoms with E-state index in [-0.39, 0.29) is 5.91 Å². The van der Waals surface area contributed by atoms with Crippen LogP contribution >= 0.6 is 22.9 Å². The lowest BCUT2D eigenvalue weighted by Gasteiger charge is -2.23. The summed E-state index contributed by atoms with van der Waals surface area (Å²) in [6, 6.07) is 12.4. The summed E-state index contributed by atoms with van der Waals surface area (Å²) in [5.41, 5.74) is 2.12. The number of nitrogens with one attached hydrogen (secondary N) is 1. The van der Waals surface area contributed by atoms with Crippen LogP contribution in [0.4, 0.5) is 0 Å². The van der Waals surface area contributed by atoms with Gasteiger partial charge in [-0.3, -0.25) is 4.79 Å². The molecule has 1 aliphatic rings. The fourth-order valence-electron chi connectivity index (χ4n) is 3.70. The Hall–Kier alpha value is -1.78. The fraction of sp³-hybridized carbons (Fsp3) is 0.350. The van der Waals surface area contributed by atoms with Gasteiger partial charge in [0.25, 0.3) is 0 Å². The van der Waals surface area contributed by atoms with Crippen LogP contribution in [0, 0.1) is 0 Å². The largest absolute Gasteiger partial charge is 0.352 e. The molecule has 0 bridgehead atoms. The van der Waals surface area contributed by atoms with Crippen molar-refractivity contribution in [3.8, 4) is 10.6 Å². The summed E-state index contributed by atoms with van der Waals surface area (Å²) in [5.74, 6) is 0.0946. The molecule has 1 saturated carbocycles. The Balaban J connectivity index is 1.65. The van der Waals surface area contributed by atoms with Crippen molar-refractivity contribution in [3.05, 3.63) is 46.8 Å². The van der Waals surface area contributed by atoms with Crippen molar-refractivity contribution >= 4 is 39.7 Å². The number of amides is 1. The van der Waals surface area contributed by atoms with Gasteiger partial charge in [-0.15, -0.1) is 11.3 Å². The van der Waals surface area contributed by atoms with Gasteiger partial charge < -0.3 is 9.88 Å². The second-order valence-electron chi connectivity index (χ2n) is 6.70. The lowest BCUT2D eigenvalue weighted by atomic mass is 9.95. The first-order chi connectivity index (χ1) is 12.2. The van der Waals surface area contributed by atoms with Crippen molar-refractivity contribution in [2.45, 2.75) is 44.7 Å². The Morgan fingerprint density at radius 3 is 2.80 bits per heavy atom. The number of thiophene rings is 1. The summed E-state index contributed by atoms with van der Waals surface area (Å²) in [4.78, 5) is 13.8. The van der Waals surface area contributed by atoms with Gasteiger partial charge in [-0.05, 0) is 48.6 Å². The van der Waals surface area contributed by atoms with Crippen molar-refractivity contribution in [2.75, 3.05) is 0 Å². The maximum Gasteiger partial charge on any atom is 0.240 e. The molecule has 130 valence electrons. The van der Waals surface area contributed by atoms with Crippen LogP contribution < -0.4 is 5.32 Å². The Kier molecular flexibility index (Phi) is 4.82. The van der Waals surface area contributed by atoms with E-state index in [9.17, 15) is 4.79 Å². The normalized spacial score (nSPS) is 15.6. The molecule has 4 rings (SSSR count). The minimum Gasteiger partial charge on any atom is -0.352 e. The third kappa shape index (κ3) is 3.60. The number of rotatable bonds is 4. The van der Waals surface area contributed by atoms with Crippen molar-refractivity contribution in [1.29, 1.82) is 0 Å². The summed E-state index contributed by atoms with van der Waals surface area (Å²) in [7, 11) is 0. The molecule has 1 N–H and O–H groups in total. The molecule has 0 saturated heterocycles. The molecule has 0 atom stereocenters. The van der Waals surface area contributed by atoms with Crippen LogP contribution in [0.2, 0.25) is 5.02 Å². The molecule has 1 aromatic carbocycles. The number of carbonyl (C=O) groups is 1. The first-order valence-electron chi connectivity index (χ1n) is 8.83. The van der Waals surface area contributed by atoms with Gasteiger partial charge in [0.2, 0.25) is 5.91 Å². The second kappa shape index (κ2) is 7.22. The molecule has 1 amide bonds. The van der Waals surface area contributed by atoms with E-state index in [1.54, 1.807) is 11.3 Å². The van der Waals surface area contributed by atoms with E-state index < -0.39 is 0 Å². The molecule has 3 nitrogen and oxygen atoms in total. The number of fused-ring (bicyclic) bond motifs is 1. The van der Waals surface area contributed by atoms with Crippen LogP contribution in [-0.2, 0) is 11.3 Å². The number of nitrogens with zero attached hydrogens (tertiary/aromatic N) is 1. The Morgan fingerprint density at radius 1 is 1.20 bits per heavy atom. The molecule has 0 unspecified atom stereocenters. The third-order valence-electron chi connectivity index (χ3n) is 4.91. The van der Waals surface area contributed by atoms with Gasteiger partial charge in [0.1, 0.15) is 6.54 Å². The molecule has 5 heteroatoms. The van der Waals surface area contributed by atoms with Gasteiger partial charge in [-0.2, -0.15) is 0 Å². The quantitative estimate of drug-likeness (QED) is 0.647. The Morgan fingerprint density at radius 2 is 2.04 bits per heavy atom. The molecule has 0 radical (unpaired) electrons. The lowest BCUT2D eigenvalue weighted by Crippen LogP contribution is -2.38. The average Bonchev–Trinajstić information content (AvgIpc) is 3.23. The SMILES string of the molecule is O=C(Cn1c(-c2cccs2)cc2cc(Cl)ccc21)NC1CCCCC1. The van der Waals surface area contributed by atoms with E-state index >= 15 is 0 Å². The first kappa shape index (κ1) is 16.7. The highest BCUT2D eigenvalue weighted by Gasteiger charge is 2.18. The molecule has 0 aliphatic heterocycles. The molecule has 1 fully saturated rings. The van der Waals surface area contributed by atoms with Crippen LogP contribution in [0.15, 0.2) is 41.8 Å². The standard InChI is InChI=1S/C20H21ClN2OS/c21-15-8-9-17-14(11-15)12-18(19-7-4-10-25-19)23(17)13-20(24)22-16-5-2-1-3-6-16/h4,7-12,16H,1-3,5-6,13H2,(H,22,24). The highest BCUT2D eigenvalue weighted by molar-refractivity contribution is 7.13. The average molecular weight is 373 g/mol. The minimum absolute atomic E-state index is 0.0946. The zero-order valence-electron chi connectivity index (χ0n) is 14.0. The van der Waals surface area contributed by atoms with E-state index in [4.69, 9.17) is 11.6 Å². The second-order valence-corrected chi connectivity index (χ2v) is 8.08. The zero-order valence-corrected chi connectivity index (χ0v) is 15.6. The zero-order chi connectivity index (χ0) is 17.2. The molecule has 0 spiro atoms. The smallest absolute Gasteiger partial charge is 0.240 e. The fourth-order valence-corrected chi connectivity index (χ4v) is 4.64. The predicted molar refractivity (Wildman–Crippen MR) is 105 cm³/mol. The summed E-state index contributed by atoms with van der Waals surface area (Å²) in [5, 5.41) is 7.07. The molecule has 2 aromatic heterocycles. The lowest BCUT2D eigenvalue weighted by molar-refractivity contribution is -0.122. The number of halogens is 1. The van der Waals surface area contributed by atoms with E-state index in [1.807, 2.05) is 24.3 Å². The van der Waals surface area contributed by atoms with Crippen LogP contribution in [0.25, 0.3) is 21.5 Å². The number of hydrogen-bond acceptors (Lipinski definition) is 2. The molecular formula is C20H21ClN2OS. The summed E-state index contributed by atoms with van der Waals surface area (Å²) in [6.07, 6.45) is 5.93. The molecule has 3 aromatic rings. The maximum atomic E-state index is 12.7. The van der Waals surface area contributed by atoms with E-state index in [0.717, 1.165) is 34.3 Å². The van der Waals surface area contributed by atoms with E-state index in [2.05, 4.69) is 27.4 Å². The van der Waals surface area contributed by atoms with Gasteiger partial charge >= 0.3 is 0 Å². The minimum atomic E-state index is 0.0946. The highest BCUT2D eigenvalue weighted by Crippen LogP contribution is 2.32. The van der Waals surface area contributed by atoms with E-state index in [0.29, 0.717) is 17.6 Å². The topological polar surface area (TPSA) is 34.0 Å². The first-order valence-corrected chi connectivity index (χ1v) is 10.1. The van der Waals surface area contributed by atoms with Gasteiger partial charge in [0, 0.05) is 22.0 Å². The van der Waals surface area contributed by atoms with Gasteiger partial charge in [0.05, 0.1) is 10.6 Å². The number of hydrogen-bond donors (Lipinski definition) is 1. The molecule has 25 heavy (non-hydrogen) atoms. The van der Waals surface area contributed by atoms with Crippen molar-refractivity contribution in [2.24, 2.45) is 0 Å². The van der Waals surface area contributed by atoms with Gasteiger partial charge in [0.15, 0.2) is 0 Å². The van der Waals surface area contributed by atoms with Crippen LogP contribution in [0.5, 0.6) is 0 Å². The maximum absolute atomic E-state index is 12.7. The van der Waals surface area contributed by atoms with Crippen molar-refractivity contribution < 1.29 is 4.79 Å². The monoisotopic (exact) mass is 372 g/mol. The number of benzene rings is 1. The van der Waals surface area contributed by atoms with Crippen molar-refractivity contribution in [1.82, 2.24) is 9.88 Å².